The van der Waals surface area contributed by atoms with Crippen LogP contribution in [-0.4, -0.2) is 50.5 Å². The fraction of sp³-hybridized carbons (Fsp3) is 0.500. The predicted octanol–water partition coefficient (Wildman–Crippen LogP) is 0.621. The smallest absolute Gasteiger partial charge is 0.221 e. The summed E-state index contributed by atoms with van der Waals surface area (Å²) in [7, 11) is 1.63. The Morgan fingerprint density at radius 3 is 2.85 bits per heavy atom. The van der Waals surface area contributed by atoms with Crippen LogP contribution in [0, 0.1) is 0 Å². The summed E-state index contributed by atoms with van der Waals surface area (Å²) in [6, 6.07) is 7.11. The van der Waals surface area contributed by atoms with Crippen LogP contribution < -0.4 is 15.4 Å². The highest BCUT2D eigenvalue weighted by molar-refractivity contribution is 5.90. The number of benzene rings is 1. The van der Waals surface area contributed by atoms with Crippen LogP contribution in [0.15, 0.2) is 24.3 Å². The van der Waals surface area contributed by atoms with Gasteiger partial charge in [-0.05, 0) is 12.1 Å². The third-order valence-electron chi connectivity index (χ3n) is 2.49. The van der Waals surface area contributed by atoms with Gasteiger partial charge in [-0.25, -0.2) is 0 Å². The summed E-state index contributed by atoms with van der Waals surface area (Å²) in [5.41, 5.74) is 0.597. The molecule has 0 fully saturated rings. The van der Waals surface area contributed by atoms with Crippen molar-refractivity contribution in [2.24, 2.45) is 0 Å². The number of aliphatic hydroxyl groups is 1. The molecule has 6 heteroatoms. The van der Waals surface area contributed by atoms with E-state index in [4.69, 9.17) is 9.47 Å². The van der Waals surface area contributed by atoms with Crippen LogP contribution in [0.3, 0.4) is 0 Å². The van der Waals surface area contributed by atoms with Crippen LogP contribution in [0.2, 0.25) is 0 Å². The predicted molar refractivity (Wildman–Crippen MR) is 77.0 cm³/mol. The number of nitrogens with one attached hydrogen (secondary N) is 2. The summed E-state index contributed by atoms with van der Waals surface area (Å²) in [5.74, 6) is 0.376. The highest BCUT2D eigenvalue weighted by Gasteiger charge is 2.08. The highest BCUT2D eigenvalue weighted by Crippen LogP contribution is 2.23. The van der Waals surface area contributed by atoms with Gasteiger partial charge < -0.3 is 25.2 Å². The van der Waals surface area contributed by atoms with Crippen molar-refractivity contribution >= 4 is 11.6 Å². The Bertz CT molecular complexity index is 412. The monoisotopic (exact) mass is 282 g/mol. The average molecular weight is 282 g/mol. The van der Waals surface area contributed by atoms with E-state index in [1.165, 1.54) is 6.92 Å². The van der Waals surface area contributed by atoms with Gasteiger partial charge in [0, 0.05) is 27.1 Å². The highest BCUT2D eigenvalue weighted by atomic mass is 16.5. The third kappa shape index (κ3) is 6.51. The first-order valence-corrected chi connectivity index (χ1v) is 6.50. The average Bonchev–Trinajstić information content (AvgIpc) is 2.42. The molecule has 1 amide bonds. The molecule has 0 spiro atoms. The number of para-hydroxylation sites is 2. The SMILES string of the molecule is COCCNCC(O)COc1ccccc1NC(C)=O. The van der Waals surface area contributed by atoms with Crippen LogP contribution >= 0.6 is 0 Å². The minimum absolute atomic E-state index is 0.149. The molecule has 20 heavy (non-hydrogen) atoms. The van der Waals surface area contributed by atoms with E-state index in [1.54, 1.807) is 25.3 Å². The van der Waals surface area contributed by atoms with Crippen LogP contribution in [0.1, 0.15) is 6.92 Å². The first kappa shape index (κ1) is 16.4. The first-order chi connectivity index (χ1) is 9.63. The summed E-state index contributed by atoms with van der Waals surface area (Å²) < 4.78 is 10.4. The molecule has 0 aromatic heterocycles. The Balaban J connectivity index is 2.38. The topological polar surface area (TPSA) is 79.8 Å². The summed E-state index contributed by atoms with van der Waals surface area (Å²) in [5, 5.41) is 15.5. The molecule has 1 aromatic rings. The third-order valence-corrected chi connectivity index (χ3v) is 2.49. The van der Waals surface area contributed by atoms with E-state index in [2.05, 4.69) is 10.6 Å². The van der Waals surface area contributed by atoms with Crippen LogP contribution in [-0.2, 0) is 9.53 Å². The number of ether oxygens (including phenoxy) is 2. The molecule has 0 bridgehead atoms. The van der Waals surface area contributed by atoms with Crippen molar-refractivity contribution in [3.63, 3.8) is 0 Å². The second-order valence-electron chi connectivity index (χ2n) is 4.34. The fourth-order valence-corrected chi connectivity index (χ4v) is 1.57. The van der Waals surface area contributed by atoms with Gasteiger partial charge in [0.05, 0.1) is 12.3 Å². The molecule has 112 valence electrons. The quantitative estimate of drug-likeness (QED) is 0.579. The zero-order chi connectivity index (χ0) is 14.8. The molecule has 0 aliphatic carbocycles. The lowest BCUT2D eigenvalue weighted by Gasteiger charge is -2.15. The van der Waals surface area contributed by atoms with Gasteiger partial charge >= 0.3 is 0 Å². The molecule has 1 unspecified atom stereocenters. The number of hydrogen-bond acceptors (Lipinski definition) is 5. The number of carbonyl (C=O) groups is 1. The lowest BCUT2D eigenvalue weighted by atomic mass is 10.3. The van der Waals surface area contributed by atoms with Crippen molar-refractivity contribution in [3.8, 4) is 5.75 Å². The van der Waals surface area contributed by atoms with Crippen LogP contribution in [0.5, 0.6) is 5.75 Å². The molecule has 1 atom stereocenters. The largest absolute Gasteiger partial charge is 0.489 e. The van der Waals surface area contributed by atoms with Gasteiger partial charge in [-0.1, -0.05) is 12.1 Å². The Labute approximate surface area is 119 Å². The van der Waals surface area contributed by atoms with Gasteiger partial charge in [-0.15, -0.1) is 0 Å². The number of hydrogen-bond donors (Lipinski definition) is 3. The van der Waals surface area contributed by atoms with Gasteiger partial charge in [0.25, 0.3) is 0 Å². The Morgan fingerprint density at radius 2 is 2.15 bits per heavy atom. The summed E-state index contributed by atoms with van der Waals surface area (Å²) in [4.78, 5) is 11.1. The molecular weight excluding hydrogens is 260 g/mol. The van der Waals surface area contributed by atoms with Crippen molar-refractivity contribution in [2.45, 2.75) is 13.0 Å². The van der Waals surface area contributed by atoms with Gasteiger partial charge in [0.1, 0.15) is 18.5 Å². The van der Waals surface area contributed by atoms with Crippen molar-refractivity contribution in [3.05, 3.63) is 24.3 Å². The van der Waals surface area contributed by atoms with Crippen molar-refractivity contribution in [2.75, 3.05) is 38.7 Å². The minimum Gasteiger partial charge on any atom is -0.489 e. The molecule has 0 radical (unpaired) electrons. The van der Waals surface area contributed by atoms with E-state index in [1.807, 2.05) is 6.07 Å². The summed E-state index contributed by atoms with van der Waals surface area (Å²) in [6.45, 7) is 3.28. The van der Waals surface area contributed by atoms with Gasteiger partial charge in [0.2, 0.25) is 5.91 Å². The second-order valence-corrected chi connectivity index (χ2v) is 4.34. The Kier molecular flexibility index (Phi) is 7.64. The Hall–Kier alpha value is -1.63. The van der Waals surface area contributed by atoms with Crippen molar-refractivity contribution < 1.29 is 19.4 Å². The van der Waals surface area contributed by atoms with Gasteiger partial charge in [0.15, 0.2) is 0 Å². The lowest BCUT2D eigenvalue weighted by Crippen LogP contribution is -2.33. The molecule has 0 aliphatic rings. The molecule has 1 rings (SSSR count). The molecule has 6 nitrogen and oxygen atoms in total. The minimum atomic E-state index is -0.628. The summed E-state index contributed by atoms with van der Waals surface area (Å²) >= 11 is 0. The van der Waals surface area contributed by atoms with Gasteiger partial charge in [-0.3, -0.25) is 4.79 Å². The van der Waals surface area contributed by atoms with E-state index < -0.39 is 6.10 Å². The standard InChI is InChI=1S/C14H22N2O4/c1-11(17)16-13-5-3-4-6-14(13)20-10-12(18)9-15-7-8-19-2/h3-6,12,15,18H,7-10H2,1-2H3,(H,16,17). The number of aliphatic hydroxyl groups excluding tert-OH is 1. The summed E-state index contributed by atoms with van der Waals surface area (Å²) in [6.07, 6.45) is -0.628. The fourth-order valence-electron chi connectivity index (χ4n) is 1.57. The maximum atomic E-state index is 11.1. The lowest BCUT2D eigenvalue weighted by molar-refractivity contribution is -0.114. The van der Waals surface area contributed by atoms with E-state index in [0.717, 1.165) is 0 Å². The zero-order valence-corrected chi connectivity index (χ0v) is 11.9. The normalized spacial score (nSPS) is 11.9. The van der Waals surface area contributed by atoms with Crippen molar-refractivity contribution in [1.82, 2.24) is 5.32 Å². The van der Waals surface area contributed by atoms with E-state index in [0.29, 0.717) is 31.1 Å². The first-order valence-electron chi connectivity index (χ1n) is 6.50. The maximum absolute atomic E-state index is 11.1. The molecule has 3 N–H and O–H groups in total. The molecular formula is C14H22N2O4. The molecule has 0 saturated carbocycles. The van der Waals surface area contributed by atoms with Gasteiger partial charge in [-0.2, -0.15) is 0 Å². The number of rotatable bonds is 9. The number of amides is 1. The van der Waals surface area contributed by atoms with Crippen LogP contribution in [0.25, 0.3) is 0 Å². The van der Waals surface area contributed by atoms with E-state index in [-0.39, 0.29) is 12.5 Å². The molecule has 1 aromatic carbocycles. The second kappa shape index (κ2) is 9.30. The number of anilines is 1. The number of carbonyl (C=O) groups excluding carboxylic acids is 1. The molecule has 0 aliphatic heterocycles. The van der Waals surface area contributed by atoms with E-state index in [9.17, 15) is 9.90 Å². The number of methoxy groups -OCH3 is 1. The molecule has 0 heterocycles. The molecule has 0 saturated heterocycles. The zero-order valence-electron chi connectivity index (χ0n) is 11.9. The van der Waals surface area contributed by atoms with Crippen LogP contribution in [0.4, 0.5) is 5.69 Å². The van der Waals surface area contributed by atoms with Crippen molar-refractivity contribution in [1.29, 1.82) is 0 Å². The maximum Gasteiger partial charge on any atom is 0.221 e. The van der Waals surface area contributed by atoms with E-state index >= 15 is 0 Å². The Morgan fingerprint density at radius 1 is 1.40 bits per heavy atom.